The number of rotatable bonds is 2. The van der Waals surface area contributed by atoms with Crippen LogP contribution < -0.4 is 5.73 Å². The molecule has 0 aliphatic rings. The largest absolute Gasteiger partial charge is 0.380 e. The van der Waals surface area contributed by atoms with Gasteiger partial charge in [-0.25, -0.2) is 0 Å². The molecule has 2 aromatic heterocycles. The van der Waals surface area contributed by atoms with E-state index in [1.165, 1.54) is 10.4 Å². The molecule has 3 nitrogen and oxygen atoms in total. The molecule has 0 radical (unpaired) electrons. The molecule has 0 saturated heterocycles. The fourth-order valence-corrected chi connectivity index (χ4v) is 3.33. The highest BCUT2D eigenvalue weighted by atomic mass is 79.9. The second kappa shape index (κ2) is 5.07. The molecule has 3 aromatic rings. The Balaban J connectivity index is 2.16. The average Bonchev–Trinajstić information content (AvgIpc) is 2.95. The van der Waals surface area contributed by atoms with E-state index in [9.17, 15) is 0 Å². The first-order chi connectivity index (χ1) is 9.56. The van der Waals surface area contributed by atoms with Crippen molar-refractivity contribution < 1.29 is 4.52 Å². The number of aryl methyl sites for hydroxylation is 2. The first kappa shape index (κ1) is 13.4. The molecule has 20 heavy (non-hydrogen) atoms. The molecule has 5 heteroatoms. The van der Waals surface area contributed by atoms with Crippen LogP contribution in [0.2, 0.25) is 0 Å². The molecule has 0 bridgehead atoms. The lowest BCUT2D eigenvalue weighted by atomic mass is 10.1. The first-order valence-corrected chi connectivity index (χ1v) is 7.75. The Morgan fingerprint density at radius 3 is 2.50 bits per heavy atom. The Morgan fingerprint density at radius 1 is 1.20 bits per heavy atom. The van der Waals surface area contributed by atoms with Gasteiger partial charge in [-0.1, -0.05) is 33.2 Å². The predicted molar refractivity (Wildman–Crippen MR) is 86.8 cm³/mol. The van der Waals surface area contributed by atoms with Gasteiger partial charge in [0.15, 0.2) is 11.6 Å². The van der Waals surface area contributed by atoms with Gasteiger partial charge < -0.3 is 10.3 Å². The third kappa shape index (κ3) is 2.27. The normalized spacial score (nSPS) is 10.9. The zero-order valence-corrected chi connectivity index (χ0v) is 13.5. The molecule has 102 valence electrons. The molecule has 1 aromatic carbocycles. The maximum Gasteiger partial charge on any atom is 0.186 e. The van der Waals surface area contributed by atoms with Gasteiger partial charge in [-0.2, -0.15) is 0 Å². The minimum absolute atomic E-state index is 0.422. The van der Waals surface area contributed by atoms with E-state index >= 15 is 0 Å². The van der Waals surface area contributed by atoms with Crippen molar-refractivity contribution in [3.63, 3.8) is 0 Å². The Hall–Kier alpha value is -1.59. The van der Waals surface area contributed by atoms with Crippen LogP contribution in [0.1, 0.15) is 10.4 Å². The van der Waals surface area contributed by atoms with Gasteiger partial charge in [0, 0.05) is 9.35 Å². The number of nitrogens with two attached hydrogens (primary N) is 1. The standard InChI is InChI=1S/C15H13BrN2OS/c1-8-7-12(20-9(8)2)14-13(15(17)18-19-14)10-3-5-11(16)6-4-10/h3-7H,1-2H3,(H2,17,18). The van der Waals surface area contributed by atoms with Crippen LogP contribution >= 0.6 is 27.3 Å². The number of anilines is 1. The number of nitrogens with zero attached hydrogens (tertiary/aromatic N) is 1. The van der Waals surface area contributed by atoms with Crippen LogP contribution in [0, 0.1) is 13.8 Å². The van der Waals surface area contributed by atoms with E-state index in [0.717, 1.165) is 26.2 Å². The van der Waals surface area contributed by atoms with Crippen molar-refractivity contribution in [1.82, 2.24) is 5.16 Å². The van der Waals surface area contributed by atoms with Crippen molar-refractivity contribution in [3.8, 4) is 21.8 Å². The average molecular weight is 349 g/mol. The fraction of sp³-hybridized carbons (Fsp3) is 0.133. The summed E-state index contributed by atoms with van der Waals surface area (Å²) in [5.41, 5.74) is 9.10. The molecule has 3 rings (SSSR count). The van der Waals surface area contributed by atoms with Crippen molar-refractivity contribution in [2.45, 2.75) is 13.8 Å². The highest BCUT2D eigenvalue weighted by Gasteiger charge is 2.19. The molecular weight excluding hydrogens is 336 g/mol. The SMILES string of the molecule is Cc1cc(-c2onc(N)c2-c2ccc(Br)cc2)sc1C. The summed E-state index contributed by atoms with van der Waals surface area (Å²) < 4.78 is 6.49. The molecule has 0 unspecified atom stereocenters. The second-order valence-electron chi connectivity index (χ2n) is 4.63. The van der Waals surface area contributed by atoms with Crippen molar-refractivity contribution >= 4 is 33.1 Å². The van der Waals surface area contributed by atoms with Crippen LogP contribution in [0.5, 0.6) is 0 Å². The molecule has 2 N–H and O–H groups in total. The van der Waals surface area contributed by atoms with E-state index in [4.69, 9.17) is 10.3 Å². The van der Waals surface area contributed by atoms with E-state index in [1.807, 2.05) is 24.3 Å². The van der Waals surface area contributed by atoms with Crippen molar-refractivity contribution in [2.75, 3.05) is 5.73 Å². The van der Waals surface area contributed by atoms with E-state index in [1.54, 1.807) is 11.3 Å². The maximum absolute atomic E-state index is 5.98. The summed E-state index contributed by atoms with van der Waals surface area (Å²) >= 11 is 5.13. The van der Waals surface area contributed by atoms with Gasteiger partial charge in [-0.3, -0.25) is 0 Å². The summed E-state index contributed by atoms with van der Waals surface area (Å²) in [6, 6.07) is 10.1. The number of nitrogen functional groups attached to an aromatic ring is 1. The lowest BCUT2D eigenvalue weighted by molar-refractivity contribution is 0.437. The van der Waals surface area contributed by atoms with Crippen molar-refractivity contribution in [1.29, 1.82) is 0 Å². The highest BCUT2D eigenvalue weighted by Crippen LogP contribution is 2.40. The molecule has 0 saturated carbocycles. The Morgan fingerprint density at radius 2 is 1.90 bits per heavy atom. The van der Waals surface area contributed by atoms with Gasteiger partial charge in [0.05, 0.1) is 10.4 Å². The summed E-state index contributed by atoms with van der Waals surface area (Å²) in [6.07, 6.45) is 0. The van der Waals surface area contributed by atoms with Gasteiger partial charge in [-0.05, 0) is 43.2 Å². The van der Waals surface area contributed by atoms with Crippen LogP contribution in [0.4, 0.5) is 5.82 Å². The van der Waals surface area contributed by atoms with Gasteiger partial charge in [0.2, 0.25) is 0 Å². The summed E-state index contributed by atoms with van der Waals surface area (Å²) in [5, 5.41) is 3.93. The number of hydrogen-bond acceptors (Lipinski definition) is 4. The first-order valence-electron chi connectivity index (χ1n) is 6.14. The van der Waals surface area contributed by atoms with E-state index in [2.05, 4.69) is 41.0 Å². The Labute approximate surface area is 129 Å². The van der Waals surface area contributed by atoms with Crippen LogP contribution in [-0.2, 0) is 0 Å². The molecule has 0 aliphatic heterocycles. The quantitative estimate of drug-likeness (QED) is 0.706. The highest BCUT2D eigenvalue weighted by molar-refractivity contribution is 9.10. The molecule has 0 aliphatic carbocycles. The van der Waals surface area contributed by atoms with Gasteiger partial charge >= 0.3 is 0 Å². The summed E-state index contributed by atoms with van der Waals surface area (Å²) in [4.78, 5) is 2.33. The minimum Gasteiger partial charge on any atom is -0.380 e. The molecule has 0 spiro atoms. The summed E-state index contributed by atoms with van der Waals surface area (Å²) in [7, 11) is 0. The Bertz CT molecular complexity index is 739. The summed E-state index contributed by atoms with van der Waals surface area (Å²) in [6.45, 7) is 4.19. The number of hydrogen-bond donors (Lipinski definition) is 1. The third-order valence-electron chi connectivity index (χ3n) is 3.24. The van der Waals surface area contributed by atoms with Gasteiger partial charge in [0.25, 0.3) is 0 Å². The predicted octanol–water partition coefficient (Wildman–Crippen LogP) is 5.03. The molecule has 0 atom stereocenters. The summed E-state index contributed by atoms with van der Waals surface area (Å²) in [5.74, 6) is 1.16. The molecule has 0 amide bonds. The van der Waals surface area contributed by atoms with Crippen molar-refractivity contribution in [3.05, 3.63) is 45.2 Å². The Kier molecular flexibility index (Phi) is 3.40. The zero-order chi connectivity index (χ0) is 14.3. The number of aromatic nitrogens is 1. The monoisotopic (exact) mass is 348 g/mol. The second-order valence-corrected chi connectivity index (χ2v) is 6.80. The molecular formula is C15H13BrN2OS. The number of halogens is 1. The fourth-order valence-electron chi connectivity index (χ4n) is 2.05. The van der Waals surface area contributed by atoms with Crippen LogP contribution in [0.3, 0.4) is 0 Å². The molecule has 2 heterocycles. The molecule has 0 fully saturated rings. The zero-order valence-electron chi connectivity index (χ0n) is 11.1. The lowest BCUT2D eigenvalue weighted by Crippen LogP contribution is -1.88. The van der Waals surface area contributed by atoms with Gasteiger partial charge in [0.1, 0.15) is 0 Å². The minimum atomic E-state index is 0.422. The van der Waals surface area contributed by atoms with Gasteiger partial charge in [-0.15, -0.1) is 11.3 Å². The van der Waals surface area contributed by atoms with Crippen LogP contribution in [0.15, 0.2) is 39.3 Å². The van der Waals surface area contributed by atoms with Crippen LogP contribution in [-0.4, -0.2) is 5.16 Å². The van der Waals surface area contributed by atoms with Crippen molar-refractivity contribution in [2.24, 2.45) is 0 Å². The number of benzene rings is 1. The topological polar surface area (TPSA) is 52.0 Å². The van der Waals surface area contributed by atoms with Crippen LogP contribution in [0.25, 0.3) is 21.8 Å². The van der Waals surface area contributed by atoms with E-state index in [-0.39, 0.29) is 0 Å². The lowest BCUT2D eigenvalue weighted by Gasteiger charge is -2.01. The third-order valence-corrected chi connectivity index (χ3v) is 4.92. The number of thiophene rings is 1. The van der Waals surface area contributed by atoms with E-state index in [0.29, 0.717) is 5.82 Å². The maximum atomic E-state index is 5.98. The van der Waals surface area contributed by atoms with E-state index < -0.39 is 0 Å². The smallest absolute Gasteiger partial charge is 0.186 e.